The summed E-state index contributed by atoms with van der Waals surface area (Å²) in [5.74, 6) is -1.47. The molecule has 1 aromatic carbocycles. The van der Waals surface area contributed by atoms with Crippen LogP contribution in [0.1, 0.15) is 15.9 Å². The Morgan fingerprint density at radius 1 is 1.22 bits per heavy atom. The Kier molecular flexibility index (Phi) is 6.54. The normalized spacial score (nSPS) is 10.2. The van der Waals surface area contributed by atoms with Crippen molar-refractivity contribution in [3.05, 3.63) is 55.8 Å². The summed E-state index contributed by atoms with van der Waals surface area (Å²) < 4.78 is 9.85. The number of hydrogen-bond acceptors (Lipinski definition) is 7. The fourth-order valence-electron chi connectivity index (χ4n) is 2.10. The van der Waals surface area contributed by atoms with E-state index >= 15 is 0 Å². The summed E-state index contributed by atoms with van der Waals surface area (Å²) in [6.45, 7) is 0.990. The van der Waals surface area contributed by atoms with E-state index in [0.29, 0.717) is 5.56 Å². The highest BCUT2D eigenvalue weighted by atomic mass is 35.5. The van der Waals surface area contributed by atoms with Crippen LogP contribution in [0.15, 0.2) is 24.3 Å². The van der Waals surface area contributed by atoms with Crippen molar-refractivity contribution in [2.75, 3.05) is 19.0 Å². The van der Waals surface area contributed by atoms with Crippen LogP contribution in [0.3, 0.4) is 0 Å². The molecule has 0 aliphatic carbocycles. The van der Waals surface area contributed by atoms with Gasteiger partial charge in [0.15, 0.2) is 12.4 Å². The predicted octanol–water partition coefficient (Wildman–Crippen LogP) is 3.41. The maximum atomic E-state index is 12.0. The Hall–Kier alpha value is -2.91. The first-order valence-electron chi connectivity index (χ1n) is 7.34. The van der Waals surface area contributed by atoms with Crippen molar-refractivity contribution in [2.24, 2.45) is 0 Å². The smallest absolute Gasteiger partial charge is 0.338 e. The van der Waals surface area contributed by atoms with E-state index in [0.717, 1.165) is 0 Å². The minimum Gasteiger partial charge on any atom is -0.490 e. The zero-order chi connectivity index (χ0) is 20.1. The van der Waals surface area contributed by atoms with E-state index < -0.39 is 23.4 Å². The van der Waals surface area contributed by atoms with Crippen LogP contribution in [0.25, 0.3) is 0 Å². The Bertz CT molecular complexity index is 899. The highest BCUT2D eigenvalue weighted by molar-refractivity contribution is 6.32. The second-order valence-corrected chi connectivity index (χ2v) is 6.00. The van der Waals surface area contributed by atoms with Crippen LogP contribution < -0.4 is 10.1 Å². The first-order valence-corrected chi connectivity index (χ1v) is 8.10. The van der Waals surface area contributed by atoms with E-state index in [4.69, 9.17) is 32.7 Å². The third-order valence-corrected chi connectivity index (χ3v) is 3.72. The predicted molar refractivity (Wildman–Crippen MR) is 97.6 cm³/mol. The number of anilines is 1. The molecule has 1 heterocycles. The van der Waals surface area contributed by atoms with Crippen LogP contribution in [0.2, 0.25) is 10.3 Å². The van der Waals surface area contributed by atoms with E-state index in [1.807, 2.05) is 0 Å². The average molecular weight is 414 g/mol. The fourth-order valence-corrected chi connectivity index (χ4v) is 2.56. The second kappa shape index (κ2) is 8.65. The van der Waals surface area contributed by atoms with Crippen molar-refractivity contribution in [1.29, 1.82) is 0 Å². The zero-order valence-electron chi connectivity index (χ0n) is 14.1. The van der Waals surface area contributed by atoms with E-state index in [1.165, 1.54) is 31.4 Å². The molecule has 0 unspecified atom stereocenters. The summed E-state index contributed by atoms with van der Waals surface area (Å²) >= 11 is 11.4. The summed E-state index contributed by atoms with van der Waals surface area (Å²) in [5.41, 5.74) is 0.537. The molecule has 9 nitrogen and oxygen atoms in total. The summed E-state index contributed by atoms with van der Waals surface area (Å²) in [7, 11) is 1.27. The Balaban J connectivity index is 2.05. The molecule has 1 N–H and O–H groups in total. The average Bonchev–Trinajstić information content (AvgIpc) is 2.60. The lowest BCUT2D eigenvalue weighted by Crippen LogP contribution is -2.21. The third-order valence-electron chi connectivity index (χ3n) is 3.33. The topological polar surface area (TPSA) is 121 Å². The molecule has 2 aromatic rings. The standard InChI is InChI=1S/C16H13Cl2N3O6/c1-8-3-11(21(24)25)12(26-2)6-10(8)19-15(22)7-27-16(23)9-4-13(17)20-14(18)5-9/h3-6H,7H2,1-2H3,(H,19,22). The minimum atomic E-state index is -0.811. The lowest BCUT2D eigenvalue weighted by Gasteiger charge is -2.11. The number of hydrogen-bond donors (Lipinski definition) is 1. The summed E-state index contributed by atoms with van der Waals surface area (Å²) in [5, 5.41) is 13.5. The van der Waals surface area contributed by atoms with Crippen LogP contribution in [-0.4, -0.2) is 35.5 Å². The molecule has 0 bridgehead atoms. The van der Waals surface area contributed by atoms with Crippen molar-refractivity contribution in [3.8, 4) is 5.75 Å². The van der Waals surface area contributed by atoms with Gasteiger partial charge in [-0.15, -0.1) is 0 Å². The van der Waals surface area contributed by atoms with Gasteiger partial charge in [0.05, 0.1) is 17.6 Å². The number of nitro groups is 1. The van der Waals surface area contributed by atoms with Gasteiger partial charge in [-0.3, -0.25) is 14.9 Å². The van der Waals surface area contributed by atoms with E-state index in [-0.39, 0.29) is 33.0 Å². The SMILES string of the molecule is COc1cc(NC(=O)COC(=O)c2cc(Cl)nc(Cl)c2)c(C)cc1[N+](=O)[O-]. The number of nitrogens with zero attached hydrogens (tertiary/aromatic N) is 2. The molecule has 0 saturated heterocycles. The molecule has 142 valence electrons. The second-order valence-electron chi connectivity index (χ2n) is 5.22. The van der Waals surface area contributed by atoms with Gasteiger partial charge in [-0.2, -0.15) is 0 Å². The number of aromatic nitrogens is 1. The number of nitrogens with one attached hydrogen (secondary N) is 1. The molecule has 1 amide bonds. The van der Waals surface area contributed by atoms with Gasteiger partial charge in [0.1, 0.15) is 10.3 Å². The van der Waals surface area contributed by atoms with Crippen LogP contribution >= 0.6 is 23.2 Å². The number of carbonyl (C=O) groups excluding carboxylic acids is 2. The molecular weight excluding hydrogens is 401 g/mol. The van der Waals surface area contributed by atoms with Crippen molar-refractivity contribution >= 4 is 46.5 Å². The number of halogens is 2. The quantitative estimate of drug-likeness (QED) is 0.333. The Morgan fingerprint density at radius 3 is 2.41 bits per heavy atom. The molecule has 2 rings (SSSR count). The van der Waals surface area contributed by atoms with E-state index in [1.54, 1.807) is 6.92 Å². The number of methoxy groups -OCH3 is 1. The highest BCUT2D eigenvalue weighted by Crippen LogP contribution is 2.32. The van der Waals surface area contributed by atoms with Crippen molar-refractivity contribution in [3.63, 3.8) is 0 Å². The fraction of sp³-hybridized carbons (Fsp3) is 0.188. The van der Waals surface area contributed by atoms with Crippen LogP contribution in [0.4, 0.5) is 11.4 Å². The molecule has 11 heteroatoms. The number of ether oxygens (including phenoxy) is 2. The Labute approximate surface area is 163 Å². The largest absolute Gasteiger partial charge is 0.490 e. The van der Waals surface area contributed by atoms with Gasteiger partial charge in [0, 0.05) is 17.8 Å². The molecule has 0 saturated carbocycles. The van der Waals surface area contributed by atoms with Crippen LogP contribution in [0, 0.1) is 17.0 Å². The lowest BCUT2D eigenvalue weighted by molar-refractivity contribution is -0.385. The minimum absolute atomic E-state index is 0.00695. The first-order chi connectivity index (χ1) is 12.7. The number of aryl methyl sites for hydroxylation is 1. The Morgan fingerprint density at radius 2 is 1.85 bits per heavy atom. The number of pyridine rings is 1. The van der Waals surface area contributed by atoms with Gasteiger partial charge in [0.25, 0.3) is 5.91 Å². The van der Waals surface area contributed by atoms with Crippen LogP contribution in [0.5, 0.6) is 5.75 Å². The molecule has 27 heavy (non-hydrogen) atoms. The number of carbonyl (C=O) groups is 2. The molecule has 0 aliphatic heterocycles. The number of benzene rings is 1. The number of amides is 1. The molecule has 1 aromatic heterocycles. The van der Waals surface area contributed by atoms with E-state index in [2.05, 4.69) is 10.3 Å². The molecule has 0 fully saturated rings. The highest BCUT2D eigenvalue weighted by Gasteiger charge is 2.19. The molecule has 0 radical (unpaired) electrons. The first kappa shape index (κ1) is 20.4. The number of rotatable bonds is 6. The summed E-state index contributed by atoms with van der Waals surface area (Å²) in [6, 6.07) is 5.08. The molecular formula is C16H13Cl2N3O6. The van der Waals surface area contributed by atoms with Gasteiger partial charge in [0.2, 0.25) is 0 Å². The summed E-state index contributed by atoms with van der Waals surface area (Å²) in [6.07, 6.45) is 0. The maximum absolute atomic E-state index is 12.0. The van der Waals surface area contributed by atoms with Crippen molar-refractivity contribution in [2.45, 2.75) is 6.92 Å². The zero-order valence-corrected chi connectivity index (χ0v) is 15.6. The van der Waals surface area contributed by atoms with Crippen molar-refractivity contribution < 1.29 is 24.0 Å². The van der Waals surface area contributed by atoms with Gasteiger partial charge in [-0.05, 0) is 24.6 Å². The number of nitro benzene ring substituents is 1. The maximum Gasteiger partial charge on any atom is 0.338 e. The van der Waals surface area contributed by atoms with Gasteiger partial charge >= 0.3 is 11.7 Å². The van der Waals surface area contributed by atoms with Crippen molar-refractivity contribution in [1.82, 2.24) is 4.98 Å². The van der Waals surface area contributed by atoms with Gasteiger partial charge in [-0.25, -0.2) is 9.78 Å². The molecule has 0 aliphatic rings. The monoisotopic (exact) mass is 413 g/mol. The molecule has 0 atom stereocenters. The summed E-state index contributed by atoms with van der Waals surface area (Å²) in [4.78, 5) is 38.1. The lowest BCUT2D eigenvalue weighted by atomic mass is 10.1. The number of esters is 1. The molecule has 0 spiro atoms. The van der Waals surface area contributed by atoms with Gasteiger partial charge in [-0.1, -0.05) is 23.2 Å². The van der Waals surface area contributed by atoms with Gasteiger partial charge < -0.3 is 14.8 Å². The van der Waals surface area contributed by atoms with Crippen LogP contribution in [-0.2, 0) is 9.53 Å². The third kappa shape index (κ3) is 5.28. The van der Waals surface area contributed by atoms with E-state index in [9.17, 15) is 19.7 Å².